The molecule has 1 fully saturated rings. The number of aryl methyl sites for hydroxylation is 1. The van der Waals surface area contributed by atoms with Gasteiger partial charge in [0.1, 0.15) is 23.4 Å². The molecule has 36 heavy (non-hydrogen) atoms. The first-order valence-electron chi connectivity index (χ1n) is 13.1. The number of nitrogens with one attached hydrogen (secondary N) is 2. The van der Waals surface area contributed by atoms with Crippen LogP contribution in [-0.4, -0.2) is 51.6 Å². The number of benzene rings is 1. The van der Waals surface area contributed by atoms with Crippen LogP contribution < -0.4 is 10.6 Å². The minimum Gasteiger partial charge on any atom is -0.508 e. The zero-order chi connectivity index (χ0) is 27.2. The molecular weight excluding hydrogens is 458 g/mol. The van der Waals surface area contributed by atoms with Gasteiger partial charge in [0.2, 0.25) is 11.8 Å². The van der Waals surface area contributed by atoms with E-state index in [1.807, 2.05) is 20.8 Å². The quantitative estimate of drug-likeness (QED) is 0.395. The summed E-state index contributed by atoms with van der Waals surface area (Å²) in [4.78, 5) is 42.0. The predicted molar refractivity (Wildman–Crippen MR) is 141 cm³/mol. The van der Waals surface area contributed by atoms with Gasteiger partial charge in [-0.1, -0.05) is 33.3 Å². The fraction of sp³-hybridized carbons (Fsp3) is 0.679. The summed E-state index contributed by atoms with van der Waals surface area (Å²) in [6, 6.07) is 3.15. The molecule has 0 heterocycles. The maximum absolute atomic E-state index is 14.1. The molecule has 0 bridgehead atoms. The van der Waals surface area contributed by atoms with Crippen molar-refractivity contribution < 1.29 is 24.2 Å². The topological polar surface area (TPSA) is 108 Å². The molecular formula is C28H45N3O5. The van der Waals surface area contributed by atoms with Gasteiger partial charge < -0.3 is 25.4 Å². The number of rotatable bonds is 11. The lowest BCUT2D eigenvalue weighted by Gasteiger charge is -2.35. The molecule has 3 unspecified atom stereocenters. The monoisotopic (exact) mass is 503 g/mol. The smallest absolute Gasteiger partial charge is 0.408 e. The highest BCUT2D eigenvalue weighted by Crippen LogP contribution is 2.37. The van der Waals surface area contributed by atoms with Crippen LogP contribution in [0.3, 0.4) is 0 Å². The molecule has 0 aliphatic heterocycles. The molecule has 8 nitrogen and oxygen atoms in total. The standard InChI is InChI=1S/C28H45N3O5/c1-9-10-19(5)29-25(33)24(20-11-14-23(32)18(4)16-20)31(21-12-13-21)26(34)22(15-17(2)3)30-27(35)36-28(6,7)8/h11,14,16-17,19,21-22,24,32H,9-10,12-13,15H2,1-8H3,(H,29,33)(H,30,35). The highest BCUT2D eigenvalue weighted by molar-refractivity contribution is 5.92. The SMILES string of the molecule is CCCC(C)NC(=O)C(c1ccc(O)c(C)c1)N(C(=O)C(CC(C)C)NC(=O)OC(C)(C)C)C1CC1. The molecule has 2 rings (SSSR count). The van der Waals surface area contributed by atoms with Crippen molar-refractivity contribution in [2.24, 2.45) is 5.92 Å². The fourth-order valence-corrected chi connectivity index (χ4v) is 4.31. The van der Waals surface area contributed by atoms with Crippen LogP contribution in [0.5, 0.6) is 5.75 Å². The van der Waals surface area contributed by atoms with Gasteiger partial charge in [-0.3, -0.25) is 9.59 Å². The number of hydrogen-bond donors (Lipinski definition) is 3. The Labute approximate surface area is 216 Å². The van der Waals surface area contributed by atoms with Crippen LogP contribution in [0.4, 0.5) is 4.79 Å². The van der Waals surface area contributed by atoms with Gasteiger partial charge in [-0.2, -0.15) is 0 Å². The zero-order valence-electron chi connectivity index (χ0n) is 23.2. The van der Waals surface area contributed by atoms with Crippen molar-refractivity contribution in [2.45, 2.75) is 117 Å². The molecule has 8 heteroatoms. The molecule has 3 N–H and O–H groups in total. The number of amides is 3. The third-order valence-electron chi connectivity index (χ3n) is 6.06. The van der Waals surface area contributed by atoms with Crippen molar-refractivity contribution in [2.75, 3.05) is 0 Å². The summed E-state index contributed by atoms with van der Waals surface area (Å²) >= 11 is 0. The van der Waals surface area contributed by atoms with Crippen LogP contribution in [0.15, 0.2) is 18.2 Å². The maximum Gasteiger partial charge on any atom is 0.408 e. The second kappa shape index (κ2) is 12.5. The first-order chi connectivity index (χ1) is 16.7. The van der Waals surface area contributed by atoms with Gasteiger partial charge in [0.15, 0.2) is 0 Å². The lowest BCUT2D eigenvalue weighted by atomic mass is 9.97. The minimum atomic E-state index is -0.876. The van der Waals surface area contributed by atoms with E-state index in [-0.39, 0.29) is 35.6 Å². The van der Waals surface area contributed by atoms with Crippen molar-refractivity contribution in [1.29, 1.82) is 0 Å². The van der Waals surface area contributed by atoms with E-state index in [1.165, 1.54) is 0 Å². The number of phenolic OH excluding ortho intramolecular Hbond substituents is 1. The third-order valence-corrected chi connectivity index (χ3v) is 6.06. The largest absolute Gasteiger partial charge is 0.508 e. The molecule has 0 radical (unpaired) electrons. The Morgan fingerprint density at radius 3 is 2.28 bits per heavy atom. The Balaban J connectivity index is 2.47. The highest BCUT2D eigenvalue weighted by Gasteiger charge is 2.44. The lowest BCUT2D eigenvalue weighted by Crippen LogP contribution is -2.54. The van der Waals surface area contributed by atoms with Crippen molar-refractivity contribution in [1.82, 2.24) is 15.5 Å². The van der Waals surface area contributed by atoms with E-state index < -0.39 is 23.8 Å². The second-order valence-electron chi connectivity index (χ2n) is 11.5. The molecule has 1 aromatic rings. The molecule has 0 aromatic heterocycles. The first kappa shape index (κ1) is 29.5. The summed E-state index contributed by atoms with van der Waals surface area (Å²) in [6.45, 7) is 15.1. The Morgan fingerprint density at radius 2 is 1.78 bits per heavy atom. The van der Waals surface area contributed by atoms with E-state index in [9.17, 15) is 19.5 Å². The number of hydrogen-bond acceptors (Lipinski definition) is 5. The predicted octanol–water partition coefficient (Wildman–Crippen LogP) is 4.98. The fourth-order valence-electron chi connectivity index (χ4n) is 4.31. The van der Waals surface area contributed by atoms with Crippen molar-refractivity contribution in [3.05, 3.63) is 29.3 Å². The molecule has 202 valence electrons. The average Bonchev–Trinajstić information content (AvgIpc) is 3.56. The highest BCUT2D eigenvalue weighted by atomic mass is 16.6. The molecule has 1 aliphatic carbocycles. The van der Waals surface area contributed by atoms with E-state index in [4.69, 9.17) is 4.74 Å². The molecule has 0 spiro atoms. The van der Waals surface area contributed by atoms with Gasteiger partial charge in [0, 0.05) is 12.1 Å². The van der Waals surface area contributed by atoms with Crippen LogP contribution in [0.25, 0.3) is 0 Å². The summed E-state index contributed by atoms with van der Waals surface area (Å²) in [7, 11) is 0. The second-order valence-corrected chi connectivity index (χ2v) is 11.5. The van der Waals surface area contributed by atoms with E-state index >= 15 is 0 Å². The molecule has 1 aliphatic rings. The van der Waals surface area contributed by atoms with Gasteiger partial charge in [0.05, 0.1) is 0 Å². The Bertz CT molecular complexity index is 920. The van der Waals surface area contributed by atoms with Gasteiger partial charge in [-0.05, 0) is 89.5 Å². The van der Waals surface area contributed by atoms with Crippen LogP contribution >= 0.6 is 0 Å². The van der Waals surface area contributed by atoms with E-state index in [0.717, 1.165) is 25.7 Å². The summed E-state index contributed by atoms with van der Waals surface area (Å²) in [5.74, 6) is -0.304. The number of aromatic hydroxyl groups is 1. The van der Waals surface area contributed by atoms with E-state index in [0.29, 0.717) is 17.5 Å². The van der Waals surface area contributed by atoms with Crippen molar-refractivity contribution in [3.8, 4) is 5.75 Å². The minimum absolute atomic E-state index is 0.0503. The zero-order valence-corrected chi connectivity index (χ0v) is 23.2. The molecule has 1 saturated carbocycles. The summed E-state index contributed by atoms with van der Waals surface area (Å²) in [5.41, 5.74) is 0.556. The van der Waals surface area contributed by atoms with E-state index in [2.05, 4.69) is 17.6 Å². The number of nitrogens with zero attached hydrogens (tertiary/aromatic N) is 1. The summed E-state index contributed by atoms with van der Waals surface area (Å²) in [6.07, 6.45) is 3.08. The maximum atomic E-state index is 14.1. The number of carbonyl (C=O) groups excluding carboxylic acids is 3. The molecule has 3 amide bonds. The number of carbonyl (C=O) groups is 3. The molecule has 0 saturated heterocycles. The lowest BCUT2D eigenvalue weighted by molar-refractivity contribution is -0.143. The van der Waals surface area contributed by atoms with Gasteiger partial charge in [-0.25, -0.2) is 4.79 Å². The van der Waals surface area contributed by atoms with Gasteiger partial charge >= 0.3 is 6.09 Å². The summed E-state index contributed by atoms with van der Waals surface area (Å²) in [5, 5.41) is 15.9. The Kier molecular flexibility index (Phi) is 10.2. The molecule has 1 aromatic carbocycles. The van der Waals surface area contributed by atoms with Crippen molar-refractivity contribution >= 4 is 17.9 Å². The third kappa shape index (κ3) is 8.71. The Hall–Kier alpha value is -2.77. The van der Waals surface area contributed by atoms with E-state index in [1.54, 1.807) is 50.8 Å². The van der Waals surface area contributed by atoms with Crippen LogP contribution in [0.2, 0.25) is 0 Å². The van der Waals surface area contributed by atoms with Gasteiger partial charge in [0.25, 0.3) is 0 Å². The van der Waals surface area contributed by atoms with Crippen LogP contribution in [0, 0.1) is 12.8 Å². The number of ether oxygens (including phenoxy) is 1. The van der Waals surface area contributed by atoms with Gasteiger partial charge in [-0.15, -0.1) is 0 Å². The first-order valence-corrected chi connectivity index (χ1v) is 13.1. The number of phenols is 1. The average molecular weight is 504 g/mol. The van der Waals surface area contributed by atoms with Crippen LogP contribution in [-0.2, 0) is 14.3 Å². The summed E-state index contributed by atoms with van der Waals surface area (Å²) < 4.78 is 5.43. The normalized spacial score (nSPS) is 16.1. The van der Waals surface area contributed by atoms with Crippen LogP contribution in [0.1, 0.15) is 97.7 Å². The molecule has 3 atom stereocenters. The Morgan fingerprint density at radius 1 is 1.14 bits per heavy atom. The number of alkyl carbamates (subject to hydrolysis) is 1. The van der Waals surface area contributed by atoms with Crippen molar-refractivity contribution in [3.63, 3.8) is 0 Å².